The topological polar surface area (TPSA) is 41.1 Å². The lowest BCUT2D eigenvalue weighted by atomic mass is 10.2. The fourth-order valence-corrected chi connectivity index (χ4v) is 2.26. The molecule has 114 valence electrons. The minimum absolute atomic E-state index is 0.121. The molecule has 0 atom stereocenters. The van der Waals surface area contributed by atoms with Crippen molar-refractivity contribution in [1.29, 1.82) is 0 Å². The van der Waals surface area contributed by atoms with E-state index in [-0.39, 0.29) is 5.91 Å². The fourth-order valence-electron chi connectivity index (χ4n) is 2.13. The van der Waals surface area contributed by atoms with Crippen LogP contribution in [-0.4, -0.2) is 5.91 Å². The van der Waals surface area contributed by atoms with Crippen LogP contribution in [0.1, 0.15) is 10.4 Å². The molecule has 0 unspecified atom stereocenters. The molecule has 0 fully saturated rings. The first-order valence-electron chi connectivity index (χ1n) is 7.20. The van der Waals surface area contributed by atoms with Gasteiger partial charge in [-0.15, -0.1) is 0 Å². The maximum absolute atomic E-state index is 12.1. The zero-order chi connectivity index (χ0) is 16.1. The normalized spacial score (nSPS) is 10.1. The molecule has 0 saturated carbocycles. The van der Waals surface area contributed by atoms with Crippen molar-refractivity contribution < 1.29 is 4.79 Å². The quantitative estimate of drug-likeness (QED) is 0.681. The molecule has 3 nitrogen and oxygen atoms in total. The second-order valence-electron chi connectivity index (χ2n) is 5.03. The summed E-state index contributed by atoms with van der Waals surface area (Å²) in [5, 5.41) is 6.85. The Bertz CT molecular complexity index is 784. The summed E-state index contributed by atoms with van der Waals surface area (Å²) in [5.74, 6) is -0.121. The monoisotopic (exact) mass is 322 g/mol. The Morgan fingerprint density at radius 2 is 1.22 bits per heavy atom. The van der Waals surface area contributed by atoms with Crippen molar-refractivity contribution >= 4 is 34.6 Å². The average Bonchev–Trinajstić information content (AvgIpc) is 2.59. The van der Waals surface area contributed by atoms with Crippen LogP contribution in [0.4, 0.5) is 17.1 Å². The van der Waals surface area contributed by atoms with E-state index in [4.69, 9.17) is 11.6 Å². The van der Waals surface area contributed by atoms with E-state index >= 15 is 0 Å². The number of halogens is 1. The predicted octanol–water partition coefficient (Wildman–Crippen LogP) is 5.34. The molecule has 0 heterocycles. The maximum atomic E-state index is 12.1. The van der Waals surface area contributed by atoms with Crippen LogP contribution in [0, 0.1) is 0 Å². The van der Waals surface area contributed by atoms with Crippen LogP contribution < -0.4 is 10.6 Å². The van der Waals surface area contributed by atoms with Crippen LogP contribution in [0.2, 0.25) is 5.02 Å². The van der Waals surface area contributed by atoms with E-state index in [0.29, 0.717) is 10.6 Å². The van der Waals surface area contributed by atoms with Crippen LogP contribution in [0.5, 0.6) is 0 Å². The number of hydrogen-bond donors (Lipinski definition) is 2. The molecule has 0 saturated heterocycles. The molecule has 2 N–H and O–H groups in total. The molecular weight excluding hydrogens is 308 g/mol. The average molecular weight is 323 g/mol. The summed E-state index contributed by atoms with van der Waals surface area (Å²) < 4.78 is 0. The second-order valence-corrected chi connectivity index (χ2v) is 5.47. The smallest absolute Gasteiger partial charge is 0.255 e. The fraction of sp³-hybridized carbons (Fsp3) is 0. The summed E-state index contributed by atoms with van der Waals surface area (Å²) in [7, 11) is 0. The van der Waals surface area contributed by atoms with Crippen LogP contribution in [-0.2, 0) is 0 Å². The number of carbonyl (C=O) groups is 1. The molecule has 4 heteroatoms. The van der Waals surface area contributed by atoms with Gasteiger partial charge in [-0.3, -0.25) is 4.79 Å². The molecular formula is C19H15ClN2O. The van der Waals surface area contributed by atoms with E-state index in [9.17, 15) is 4.79 Å². The minimum Gasteiger partial charge on any atom is -0.356 e. The maximum Gasteiger partial charge on any atom is 0.255 e. The summed E-state index contributed by atoms with van der Waals surface area (Å²) in [5.41, 5.74) is 3.27. The Hall–Kier alpha value is -2.78. The molecule has 0 bridgehead atoms. The van der Waals surface area contributed by atoms with Gasteiger partial charge in [0.1, 0.15) is 0 Å². The van der Waals surface area contributed by atoms with Gasteiger partial charge in [-0.05, 0) is 60.7 Å². The highest BCUT2D eigenvalue weighted by molar-refractivity contribution is 6.30. The lowest BCUT2D eigenvalue weighted by Crippen LogP contribution is -2.11. The van der Waals surface area contributed by atoms with Crippen molar-refractivity contribution in [2.45, 2.75) is 0 Å². The SMILES string of the molecule is O=C(Nc1ccc(Nc2ccc(Cl)cc2)cc1)c1ccccc1. The van der Waals surface area contributed by atoms with E-state index in [2.05, 4.69) is 10.6 Å². The predicted molar refractivity (Wildman–Crippen MR) is 95.6 cm³/mol. The van der Waals surface area contributed by atoms with Gasteiger partial charge in [0.15, 0.2) is 0 Å². The molecule has 0 aliphatic heterocycles. The highest BCUT2D eigenvalue weighted by Crippen LogP contribution is 2.20. The minimum atomic E-state index is -0.121. The first kappa shape index (κ1) is 15.1. The molecule has 3 aromatic carbocycles. The Morgan fingerprint density at radius 1 is 0.696 bits per heavy atom. The molecule has 0 spiro atoms. The number of nitrogens with one attached hydrogen (secondary N) is 2. The number of hydrogen-bond acceptors (Lipinski definition) is 2. The zero-order valence-corrected chi connectivity index (χ0v) is 13.0. The van der Waals surface area contributed by atoms with Gasteiger partial charge in [-0.2, -0.15) is 0 Å². The third-order valence-electron chi connectivity index (χ3n) is 3.31. The zero-order valence-electron chi connectivity index (χ0n) is 12.3. The largest absolute Gasteiger partial charge is 0.356 e. The van der Waals surface area contributed by atoms with E-state index in [1.807, 2.05) is 66.7 Å². The van der Waals surface area contributed by atoms with Gasteiger partial charge in [0.2, 0.25) is 0 Å². The Balaban J connectivity index is 1.65. The summed E-state index contributed by atoms with van der Waals surface area (Å²) in [4.78, 5) is 12.1. The van der Waals surface area contributed by atoms with Gasteiger partial charge in [-0.25, -0.2) is 0 Å². The van der Waals surface area contributed by atoms with Crippen molar-refractivity contribution in [2.75, 3.05) is 10.6 Å². The lowest BCUT2D eigenvalue weighted by molar-refractivity contribution is 0.102. The van der Waals surface area contributed by atoms with E-state index in [1.54, 1.807) is 12.1 Å². The van der Waals surface area contributed by atoms with Crippen molar-refractivity contribution in [3.8, 4) is 0 Å². The van der Waals surface area contributed by atoms with Gasteiger partial charge in [0.05, 0.1) is 0 Å². The van der Waals surface area contributed by atoms with Gasteiger partial charge >= 0.3 is 0 Å². The molecule has 0 aromatic heterocycles. The van der Waals surface area contributed by atoms with Crippen molar-refractivity contribution in [1.82, 2.24) is 0 Å². The molecule has 1 amide bonds. The van der Waals surface area contributed by atoms with Crippen molar-refractivity contribution in [3.05, 3.63) is 89.4 Å². The lowest BCUT2D eigenvalue weighted by Gasteiger charge is -2.09. The third kappa shape index (κ3) is 4.11. The Kier molecular flexibility index (Phi) is 4.60. The standard InChI is InChI=1S/C19H15ClN2O/c20-15-6-8-16(9-7-15)21-17-10-12-18(13-11-17)22-19(23)14-4-2-1-3-5-14/h1-13,21H,(H,22,23). The van der Waals surface area contributed by atoms with E-state index in [1.165, 1.54) is 0 Å². The van der Waals surface area contributed by atoms with Crippen LogP contribution in [0.15, 0.2) is 78.9 Å². The highest BCUT2D eigenvalue weighted by Gasteiger charge is 2.04. The summed E-state index contributed by atoms with van der Waals surface area (Å²) in [6, 6.07) is 24.2. The van der Waals surface area contributed by atoms with Gasteiger partial charge < -0.3 is 10.6 Å². The van der Waals surface area contributed by atoms with Crippen LogP contribution >= 0.6 is 11.6 Å². The van der Waals surface area contributed by atoms with Crippen LogP contribution in [0.25, 0.3) is 0 Å². The van der Waals surface area contributed by atoms with E-state index in [0.717, 1.165) is 17.1 Å². The molecule has 0 aliphatic carbocycles. The third-order valence-corrected chi connectivity index (χ3v) is 3.56. The molecule has 3 aromatic rings. The molecule has 0 radical (unpaired) electrons. The summed E-state index contributed by atoms with van der Waals surface area (Å²) in [6.45, 7) is 0. The number of anilines is 3. The van der Waals surface area contributed by atoms with Gasteiger partial charge in [0.25, 0.3) is 5.91 Å². The summed E-state index contributed by atoms with van der Waals surface area (Å²) in [6.07, 6.45) is 0. The number of rotatable bonds is 4. The summed E-state index contributed by atoms with van der Waals surface area (Å²) >= 11 is 5.87. The molecule has 23 heavy (non-hydrogen) atoms. The van der Waals surface area contributed by atoms with Crippen molar-refractivity contribution in [3.63, 3.8) is 0 Å². The number of benzene rings is 3. The second kappa shape index (κ2) is 6.99. The number of amides is 1. The first-order chi connectivity index (χ1) is 11.2. The number of carbonyl (C=O) groups excluding carboxylic acids is 1. The highest BCUT2D eigenvalue weighted by atomic mass is 35.5. The van der Waals surface area contributed by atoms with E-state index < -0.39 is 0 Å². The van der Waals surface area contributed by atoms with Gasteiger partial charge in [-0.1, -0.05) is 29.8 Å². The van der Waals surface area contributed by atoms with Gasteiger partial charge in [0, 0.05) is 27.6 Å². The Morgan fingerprint density at radius 3 is 1.83 bits per heavy atom. The molecule has 0 aliphatic rings. The molecule has 3 rings (SSSR count). The van der Waals surface area contributed by atoms with Crippen molar-refractivity contribution in [2.24, 2.45) is 0 Å². The van der Waals surface area contributed by atoms with Crippen LogP contribution in [0.3, 0.4) is 0 Å². The Labute approximate surface area is 139 Å². The first-order valence-corrected chi connectivity index (χ1v) is 7.57.